The van der Waals surface area contributed by atoms with Crippen LogP contribution in [-0.4, -0.2) is 61.1 Å². The molecule has 0 aromatic heterocycles. The number of hydrogen-bond donors (Lipinski definition) is 2. The first-order valence-corrected chi connectivity index (χ1v) is 11.4. The van der Waals surface area contributed by atoms with Crippen LogP contribution in [0.15, 0.2) is 36.1 Å². The number of nitrogens with zero attached hydrogens (tertiary/aromatic N) is 1. The maximum atomic E-state index is 12.5. The molecular weight excluding hydrogens is 424 g/mol. The van der Waals surface area contributed by atoms with Crippen LogP contribution >= 0.6 is 0 Å². The summed E-state index contributed by atoms with van der Waals surface area (Å²) < 4.78 is 10.5. The van der Waals surface area contributed by atoms with Gasteiger partial charge in [0.25, 0.3) is 5.91 Å². The molecule has 8 heteroatoms. The first kappa shape index (κ1) is 26.4. The summed E-state index contributed by atoms with van der Waals surface area (Å²) in [5.74, 6) is -3.02. The van der Waals surface area contributed by atoms with E-state index >= 15 is 0 Å². The van der Waals surface area contributed by atoms with Crippen LogP contribution in [-0.2, 0) is 24.5 Å². The van der Waals surface area contributed by atoms with Crippen molar-refractivity contribution in [3.05, 3.63) is 41.7 Å². The Morgan fingerprint density at radius 1 is 1.27 bits per heavy atom. The normalized spacial score (nSPS) is 20.6. The number of amides is 1. The van der Waals surface area contributed by atoms with Crippen molar-refractivity contribution in [3.63, 3.8) is 0 Å². The molecule has 2 atom stereocenters. The van der Waals surface area contributed by atoms with Gasteiger partial charge in [-0.1, -0.05) is 39.3 Å². The lowest BCUT2D eigenvalue weighted by atomic mass is 9.74. The molecule has 0 spiro atoms. The van der Waals surface area contributed by atoms with Crippen LogP contribution in [0.4, 0.5) is 0 Å². The number of carbonyl (C=O) groups excluding carboxylic acids is 2. The van der Waals surface area contributed by atoms with Gasteiger partial charge in [-0.05, 0) is 56.5 Å². The van der Waals surface area contributed by atoms with E-state index in [4.69, 9.17) is 9.47 Å². The zero-order valence-corrected chi connectivity index (χ0v) is 20.2. The van der Waals surface area contributed by atoms with Crippen LogP contribution in [0.2, 0.25) is 0 Å². The fourth-order valence-electron chi connectivity index (χ4n) is 4.33. The Kier molecular flexibility index (Phi) is 9.46. The molecule has 1 aliphatic rings. The minimum Gasteiger partial charge on any atom is -0.491 e. The van der Waals surface area contributed by atoms with E-state index in [0.717, 1.165) is 44.0 Å². The molecule has 2 unspecified atom stereocenters. The predicted octanol–water partition coefficient (Wildman–Crippen LogP) is 3.11. The third-order valence-corrected chi connectivity index (χ3v) is 6.27. The fourth-order valence-corrected chi connectivity index (χ4v) is 4.33. The molecule has 0 bridgehead atoms. The van der Waals surface area contributed by atoms with E-state index in [1.165, 1.54) is 13.5 Å². The van der Waals surface area contributed by atoms with E-state index in [-0.39, 0.29) is 17.1 Å². The van der Waals surface area contributed by atoms with Crippen molar-refractivity contribution in [1.29, 1.82) is 0 Å². The number of aliphatic carboxylic acids is 1. The Bertz CT molecular complexity index is 881. The lowest BCUT2D eigenvalue weighted by Crippen LogP contribution is -2.45. The molecule has 2 N–H and O–H groups in total. The number of hydrogen-bond acceptors (Lipinski definition) is 6. The number of carboxylic acid groups (broad SMARTS) is 1. The van der Waals surface area contributed by atoms with Gasteiger partial charge in [0.2, 0.25) is 0 Å². The number of likely N-dealkylation sites (N-methyl/N-ethyl adjacent to an activating group) is 1. The Morgan fingerprint density at radius 2 is 2.00 bits per heavy atom. The second-order valence-electron chi connectivity index (χ2n) is 9.02. The third kappa shape index (κ3) is 7.05. The van der Waals surface area contributed by atoms with E-state index in [1.54, 1.807) is 19.9 Å². The topological polar surface area (TPSA) is 105 Å². The summed E-state index contributed by atoms with van der Waals surface area (Å²) in [5.41, 5.74) is 1.11. The van der Waals surface area contributed by atoms with E-state index in [0.29, 0.717) is 5.75 Å². The summed E-state index contributed by atoms with van der Waals surface area (Å²) >= 11 is 0. The summed E-state index contributed by atoms with van der Waals surface area (Å²) in [6.45, 7) is 7.54. The summed E-state index contributed by atoms with van der Waals surface area (Å²) in [4.78, 5) is 38.6. The Labute approximate surface area is 195 Å². The summed E-state index contributed by atoms with van der Waals surface area (Å²) in [7, 11) is 3.37. The molecule has 1 amide bonds. The highest BCUT2D eigenvalue weighted by Gasteiger charge is 2.33. The molecule has 0 radical (unpaired) electrons. The van der Waals surface area contributed by atoms with Gasteiger partial charge >= 0.3 is 11.9 Å². The maximum Gasteiger partial charge on any atom is 0.340 e. The average molecular weight is 461 g/mol. The molecular formula is C25H36N2O6. The highest BCUT2D eigenvalue weighted by atomic mass is 16.5. The van der Waals surface area contributed by atoms with Crippen LogP contribution < -0.4 is 10.1 Å². The molecule has 33 heavy (non-hydrogen) atoms. The SMILES string of the molecule is CCC1(c2cccc(OC(=O)C=C(OC)C(=O)NC(C(=O)O)C(C)C)c2)CCCCN(C)C1. The van der Waals surface area contributed by atoms with Gasteiger partial charge in [-0.15, -0.1) is 0 Å². The molecule has 182 valence electrons. The van der Waals surface area contributed by atoms with Crippen LogP contribution in [0.1, 0.15) is 52.0 Å². The van der Waals surface area contributed by atoms with Crippen molar-refractivity contribution in [2.75, 3.05) is 27.2 Å². The van der Waals surface area contributed by atoms with Crippen molar-refractivity contribution < 1.29 is 29.0 Å². The molecule has 1 aliphatic heterocycles. The average Bonchev–Trinajstić information content (AvgIpc) is 2.97. The van der Waals surface area contributed by atoms with Crippen molar-refractivity contribution in [1.82, 2.24) is 10.2 Å². The van der Waals surface area contributed by atoms with E-state index in [2.05, 4.69) is 30.3 Å². The van der Waals surface area contributed by atoms with Crippen molar-refractivity contribution >= 4 is 17.8 Å². The van der Waals surface area contributed by atoms with Gasteiger partial charge in [-0.25, -0.2) is 9.59 Å². The number of esters is 1. The van der Waals surface area contributed by atoms with Crippen molar-refractivity contribution in [3.8, 4) is 5.75 Å². The number of carbonyl (C=O) groups is 3. The summed E-state index contributed by atoms with van der Waals surface area (Å²) in [6, 6.07) is 6.42. The number of rotatable bonds is 9. The second-order valence-corrected chi connectivity index (χ2v) is 9.02. The lowest BCUT2D eigenvalue weighted by Gasteiger charge is -2.35. The van der Waals surface area contributed by atoms with Crippen LogP contribution in [0, 0.1) is 5.92 Å². The molecule has 8 nitrogen and oxygen atoms in total. The largest absolute Gasteiger partial charge is 0.491 e. The highest BCUT2D eigenvalue weighted by Crippen LogP contribution is 2.37. The lowest BCUT2D eigenvalue weighted by molar-refractivity contribution is -0.142. The monoisotopic (exact) mass is 460 g/mol. The van der Waals surface area contributed by atoms with E-state index < -0.39 is 23.9 Å². The zero-order chi connectivity index (χ0) is 24.6. The Morgan fingerprint density at radius 3 is 2.61 bits per heavy atom. The Balaban J connectivity index is 2.18. The quantitative estimate of drug-likeness (QED) is 0.252. The molecule has 2 rings (SSSR count). The predicted molar refractivity (Wildman–Crippen MR) is 125 cm³/mol. The van der Waals surface area contributed by atoms with Gasteiger partial charge < -0.3 is 24.8 Å². The van der Waals surface area contributed by atoms with Gasteiger partial charge in [0.15, 0.2) is 5.76 Å². The highest BCUT2D eigenvalue weighted by molar-refractivity contribution is 5.99. The third-order valence-electron chi connectivity index (χ3n) is 6.27. The molecule has 1 heterocycles. The van der Waals surface area contributed by atoms with Gasteiger partial charge in [-0.2, -0.15) is 0 Å². The number of ether oxygens (including phenoxy) is 2. The standard InChI is InChI=1S/C25H36N2O6/c1-6-25(12-7-8-13-27(4)16-25)18-10-9-11-19(14-18)33-21(28)15-20(32-5)23(29)26-22(17(2)3)24(30)31/h9-11,14-15,17,22H,6-8,12-13,16H2,1-5H3,(H,26,29)(H,30,31). The van der Waals surface area contributed by atoms with Gasteiger partial charge in [-0.3, -0.25) is 4.79 Å². The van der Waals surface area contributed by atoms with Crippen LogP contribution in [0.3, 0.4) is 0 Å². The number of likely N-dealkylation sites (tertiary alicyclic amines) is 1. The molecule has 0 aliphatic carbocycles. The molecule has 1 fully saturated rings. The first-order chi connectivity index (χ1) is 15.6. The van der Waals surface area contributed by atoms with Crippen molar-refractivity contribution in [2.45, 2.75) is 57.9 Å². The van der Waals surface area contributed by atoms with Crippen molar-refractivity contribution in [2.24, 2.45) is 5.92 Å². The summed E-state index contributed by atoms with van der Waals surface area (Å²) in [6.07, 6.45) is 5.28. The second kappa shape index (κ2) is 11.8. The molecule has 0 saturated carbocycles. The van der Waals surface area contributed by atoms with E-state index in [9.17, 15) is 19.5 Å². The first-order valence-electron chi connectivity index (χ1n) is 11.4. The Hall–Kier alpha value is -2.87. The van der Waals surface area contributed by atoms with Crippen LogP contribution in [0.5, 0.6) is 5.75 Å². The smallest absolute Gasteiger partial charge is 0.340 e. The minimum absolute atomic E-state index is 0.0101. The number of nitrogens with one attached hydrogen (secondary N) is 1. The summed E-state index contributed by atoms with van der Waals surface area (Å²) in [5, 5.41) is 11.6. The van der Waals surface area contributed by atoms with Crippen LogP contribution in [0.25, 0.3) is 0 Å². The molecule has 1 aromatic carbocycles. The zero-order valence-electron chi connectivity index (χ0n) is 20.2. The number of benzene rings is 1. The molecule has 1 saturated heterocycles. The minimum atomic E-state index is -1.16. The van der Waals surface area contributed by atoms with Gasteiger partial charge in [0.05, 0.1) is 13.2 Å². The number of methoxy groups -OCH3 is 1. The van der Waals surface area contributed by atoms with E-state index in [1.807, 2.05) is 12.1 Å². The number of carboxylic acids is 1. The van der Waals surface area contributed by atoms with Gasteiger partial charge in [0, 0.05) is 12.0 Å². The molecule has 1 aromatic rings. The van der Waals surface area contributed by atoms with Gasteiger partial charge in [0.1, 0.15) is 11.8 Å². The maximum absolute atomic E-state index is 12.5. The fraction of sp³-hybridized carbons (Fsp3) is 0.560.